The quantitative estimate of drug-likeness (QED) is 0.438. The molecular formula is C16H25FN4O. The number of carbonyl (C=O) groups excluding carboxylic acids is 1. The first-order valence-electron chi connectivity index (χ1n) is 7.30. The molecule has 0 atom stereocenters. The molecule has 0 aliphatic heterocycles. The Morgan fingerprint density at radius 3 is 2.27 bits per heavy atom. The van der Waals surface area contributed by atoms with Gasteiger partial charge in [0.2, 0.25) is 5.91 Å². The van der Waals surface area contributed by atoms with Gasteiger partial charge in [-0.2, -0.15) is 0 Å². The molecule has 3 N–H and O–H groups in total. The van der Waals surface area contributed by atoms with E-state index in [1.807, 2.05) is 20.8 Å². The van der Waals surface area contributed by atoms with Crippen LogP contribution in [0.4, 0.5) is 4.39 Å². The van der Waals surface area contributed by atoms with E-state index < -0.39 is 0 Å². The molecule has 1 aromatic carbocycles. The number of nitrogens with one attached hydrogen (secondary N) is 3. The Kier molecular flexibility index (Phi) is 6.82. The Balaban J connectivity index is 2.26. The summed E-state index contributed by atoms with van der Waals surface area (Å²) in [5.74, 6) is 0.304. The Morgan fingerprint density at radius 2 is 1.73 bits per heavy atom. The van der Waals surface area contributed by atoms with E-state index in [-0.39, 0.29) is 23.7 Å². The van der Waals surface area contributed by atoms with Crippen molar-refractivity contribution in [3.05, 3.63) is 35.6 Å². The van der Waals surface area contributed by atoms with Gasteiger partial charge in [-0.05, 0) is 38.5 Å². The van der Waals surface area contributed by atoms with Crippen LogP contribution in [0.15, 0.2) is 29.3 Å². The van der Waals surface area contributed by atoms with E-state index in [9.17, 15) is 9.18 Å². The number of carbonyl (C=O) groups is 1. The lowest BCUT2D eigenvalue weighted by atomic mass is 10.1. The Morgan fingerprint density at radius 1 is 1.14 bits per heavy atom. The smallest absolute Gasteiger partial charge is 0.224 e. The van der Waals surface area contributed by atoms with Crippen LogP contribution in [0.2, 0.25) is 0 Å². The van der Waals surface area contributed by atoms with Gasteiger partial charge in [-0.1, -0.05) is 12.1 Å². The van der Waals surface area contributed by atoms with Gasteiger partial charge >= 0.3 is 0 Å². The summed E-state index contributed by atoms with van der Waals surface area (Å²) in [5, 5.41) is 9.17. The fourth-order valence-electron chi connectivity index (χ4n) is 1.77. The summed E-state index contributed by atoms with van der Waals surface area (Å²) in [6.45, 7) is 7.20. The van der Waals surface area contributed by atoms with Crippen LogP contribution in [0, 0.1) is 5.82 Å². The molecular weight excluding hydrogens is 283 g/mol. The maximum atomic E-state index is 12.8. The highest BCUT2D eigenvalue weighted by atomic mass is 19.1. The lowest BCUT2D eigenvalue weighted by Crippen LogP contribution is -2.49. The van der Waals surface area contributed by atoms with Gasteiger partial charge in [-0.25, -0.2) is 4.39 Å². The second-order valence-electron chi connectivity index (χ2n) is 6.03. The van der Waals surface area contributed by atoms with Crippen molar-refractivity contribution in [2.45, 2.75) is 32.7 Å². The van der Waals surface area contributed by atoms with E-state index in [1.165, 1.54) is 12.1 Å². The molecule has 0 aromatic heterocycles. The van der Waals surface area contributed by atoms with Crippen LogP contribution in [-0.4, -0.2) is 37.5 Å². The third-order valence-corrected chi connectivity index (χ3v) is 2.73. The third-order valence-electron chi connectivity index (χ3n) is 2.73. The highest BCUT2D eigenvalue weighted by Crippen LogP contribution is 2.03. The summed E-state index contributed by atoms with van der Waals surface area (Å²) in [4.78, 5) is 15.9. The first kappa shape index (κ1) is 17.9. The van der Waals surface area contributed by atoms with Gasteiger partial charge in [0.1, 0.15) is 5.82 Å². The Labute approximate surface area is 131 Å². The number of benzene rings is 1. The average molecular weight is 308 g/mol. The highest BCUT2D eigenvalue weighted by molar-refractivity contribution is 5.80. The van der Waals surface area contributed by atoms with Crippen molar-refractivity contribution >= 4 is 11.9 Å². The summed E-state index contributed by atoms with van der Waals surface area (Å²) in [6, 6.07) is 5.93. The van der Waals surface area contributed by atoms with Crippen LogP contribution in [-0.2, 0) is 11.2 Å². The topological polar surface area (TPSA) is 65.5 Å². The van der Waals surface area contributed by atoms with Crippen LogP contribution in [0.25, 0.3) is 0 Å². The van der Waals surface area contributed by atoms with Crippen molar-refractivity contribution in [1.29, 1.82) is 0 Å². The van der Waals surface area contributed by atoms with E-state index in [1.54, 1.807) is 19.2 Å². The minimum Gasteiger partial charge on any atom is -0.355 e. The van der Waals surface area contributed by atoms with Crippen LogP contribution in [0.5, 0.6) is 0 Å². The molecule has 0 saturated carbocycles. The van der Waals surface area contributed by atoms with Crippen LogP contribution in [0.3, 0.4) is 0 Å². The summed E-state index contributed by atoms with van der Waals surface area (Å²) in [6.07, 6.45) is 0.245. The molecule has 0 heterocycles. The maximum Gasteiger partial charge on any atom is 0.224 e. The predicted octanol–water partition coefficient (Wildman–Crippen LogP) is 1.45. The van der Waals surface area contributed by atoms with Crippen molar-refractivity contribution in [1.82, 2.24) is 16.0 Å². The van der Waals surface area contributed by atoms with E-state index in [0.29, 0.717) is 19.0 Å². The molecule has 122 valence electrons. The number of aliphatic imine (C=N–C) groups is 1. The first-order valence-corrected chi connectivity index (χ1v) is 7.30. The van der Waals surface area contributed by atoms with E-state index in [4.69, 9.17) is 0 Å². The third kappa shape index (κ3) is 7.61. The van der Waals surface area contributed by atoms with Crippen molar-refractivity contribution in [2.24, 2.45) is 4.99 Å². The molecule has 0 aliphatic carbocycles. The van der Waals surface area contributed by atoms with Gasteiger partial charge in [0.05, 0.1) is 6.42 Å². The molecule has 5 nitrogen and oxygen atoms in total. The molecule has 22 heavy (non-hydrogen) atoms. The van der Waals surface area contributed by atoms with Crippen LogP contribution in [0.1, 0.15) is 26.3 Å². The summed E-state index contributed by atoms with van der Waals surface area (Å²) >= 11 is 0. The minimum absolute atomic E-state index is 0.0757. The number of hydrogen-bond donors (Lipinski definition) is 3. The molecule has 1 aromatic rings. The largest absolute Gasteiger partial charge is 0.355 e. The number of hydrogen-bond acceptors (Lipinski definition) is 2. The lowest BCUT2D eigenvalue weighted by Gasteiger charge is -2.23. The highest BCUT2D eigenvalue weighted by Gasteiger charge is 2.11. The van der Waals surface area contributed by atoms with Crippen molar-refractivity contribution in [3.8, 4) is 0 Å². The molecule has 0 radical (unpaired) electrons. The molecule has 1 rings (SSSR count). The zero-order chi connectivity index (χ0) is 16.6. The molecule has 6 heteroatoms. The van der Waals surface area contributed by atoms with Crippen LogP contribution >= 0.6 is 0 Å². The standard InChI is InChI=1S/C16H25FN4O/c1-16(2,3)21-15(18-4)20-10-9-19-14(22)11-12-5-7-13(17)8-6-12/h5-8H,9-11H2,1-4H3,(H,19,22)(H2,18,20,21). The second kappa shape index (κ2) is 8.36. The predicted molar refractivity (Wildman–Crippen MR) is 87.4 cm³/mol. The zero-order valence-electron chi connectivity index (χ0n) is 13.7. The van der Waals surface area contributed by atoms with Crippen molar-refractivity contribution in [3.63, 3.8) is 0 Å². The maximum absolute atomic E-state index is 12.8. The lowest BCUT2D eigenvalue weighted by molar-refractivity contribution is -0.120. The number of rotatable bonds is 5. The Bertz CT molecular complexity index is 506. The van der Waals surface area contributed by atoms with Crippen LogP contribution < -0.4 is 16.0 Å². The molecule has 0 spiro atoms. The van der Waals surface area contributed by atoms with Crippen molar-refractivity contribution < 1.29 is 9.18 Å². The molecule has 0 aliphatic rings. The average Bonchev–Trinajstić information content (AvgIpc) is 2.43. The fourth-order valence-corrected chi connectivity index (χ4v) is 1.77. The molecule has 0 bridgehead atoms. The normalized spacial score (nSPS) is 12.0. The molecule has 0 fully saturated rings. The second-order valence-corrected chi connectivity index (χ2v) is 6.03. The molecule has 1 amide bonds. The number of halogens is 1. The Hall–Kier alpha value is -2.11. The summed E-state index contributed by atoms with van der Waals surface area (Å²) in [5.41, 5.74) is 0.713. The van der Waals surface area contributed by atoms with Crippen molar-refractivity contribution in [2.75, 3.05) is 20.1 Å². The number of guanidine groups is 1. The van der Waals surface area contributed by atoms with Gasteiger partial charge in [0.15, 0.2) is 5.96 Å². The van der Waals surface area contributed by atoms with E-state index in [2.05, 4.69) is 20.9 Å². The first-order chi connectivity index (χ1) is 10.3. The summed E-state index contributed by atoms with van der Waals surface area (Å²) in [7, 11) is 1.70. The fraction of sp³-hybridized carbons (Fsp3) is 0.500. The zero-order valence-corrected chi connectivity index (χ0v) is 13.7. The minimum atomic E-state index is -0.300. The van der Waals surface area contributed by atoms with Gasteiger partial charge in [-0.15, -0.1) is 0 Å². The monoisotopic (exact) mass is 308 g/mol. The van der Waals surface area contributed by atoms with Gasteiger partial charge < -0.3 is 16.0 Å². The van der Waals surface area contributed by atoms with Gasteiger partial charge in [0, 0.05) is 25.7 Å². The number of amides is 1. The number of nitrogens with zero attached hydrogens (tertiary/aromatic N) is 1. The van der Waals surface area contributed by atoms with E-state index in [0.717, 1.165) is 5.56 Å². The molecule has 0 unspecified atom stereocenters. The van der Waals surface area contributed by atoms with Gasteiger partial charge in [-0.3, -0.25) is 9.79 Å². The van der Waals surface area contributed by atoms with Gasteiger partial charge in [0.25, 0.3) is 0 Å². The van der Waals surface area contributed by atoms with E-state index >= 15 is 0 Å². The molecule has 0 saturated heterocycles. The SMILES string of the molecule is CN=C(NCCNC(=O)Cc1ccc(F)cc1)NC(C)(C)C. The summed E-state index contributed by atoms with van der Waals surface area (Å²) < 4.78 is 12.8.